The molecule has 0 bridgehead atoms. The predicted octanol–water partition coefficient (Wildman–Crippen LogP) is 3.88. The molecule has 0 aliphatic carbocycles. The summed E-state index contributed by atoms with van der Waals surface area (Å²) in [4.78, 5) is 59.1. The van der Waals surface area contributed by atoms with Crippen LogP contribution in [0.1, 0.15) is 15.9 Å². The Labute approximate surface area is 173 Å². The lowest BCUT2D eigenvalue weighted by molar-refractivity contribution is -0.383. The third-order valence-corrected chi connectivity index (χ3v) is 6.47. The van der Waals surface area contributed by atoms with Gasteiger partial charge in [-0.25, -0.2) is 0 Å². The molecule has 0 radical (unpaired) electrons. The van der Waals surface area contributed by atoms with Gasteiger partial charge in [0.2, 0.25) is 15.3 Å². The number of hydrogen-bond donors (Lipinski definition) is 0. The fraction of sp³-hybridized carbons (Fsp3) is 0. The molecule has 4 rings (SSSR count). The molecule has 0 spiro atoms. The Morgan fingerprint density at radius 1 is 0.733 bits per heavy atom. The molecule has 0 atom stereocenters. The SMILES string of the molecule is O=C(c1cc2cccc([N+](=O)[O-])c2sc1=O)c1cc2cccc([N+](=O)[O-])c2sc1=O. The first-order valence-corrected chi connectivity index (χ1v) is 9.88. The largest absolute Gasteiger partial charge is 0.288 e. The third kappa shape index (κ3) is 3.15. The van der Waals surface area contributed by atoms with Crippen LogP contribution in [0.5, 0.6) is 0 Å². The van der Waals surface area contributed by atoms with Crippen LogP contribution in [0.15, 0.2) is 58.1 Å². The summed E-state index contributed by atoms with van der Waals surface area (Å²) in [6.45, 7) is 0. The van der Waals surface area contributed by atoms with E-state index in [1.807, 2.05) is 0 Å². The van der Waals surface area contributed by atoms with Crippen molar-refractivity contribution >= 4 is 60.0 Å². The van der Waals surface area contributed by atoms with E-state index in [1.165, 1.54) is 48.5 Å². The average molecular weight is 440 g/mol. The monoisotopic (exact) mass is 440 g/mol. The van der Waals surface area contributed by atoms with Crippen molar-refractivity contribution in [1.29, 1.82) is 0 Å². The second kappa shape index (κ2) is 7.21. The maximum Gasteiger partial charge on any atom is 0.287 e. The molecule has 0 saturated heterocycles. The zero-order chi connectivity index (χ0) is 21.6. The maximum absolute atomic E-state index is 13.0. The average Bonchev–Trinajstić information content (AvgIpc) is 2.71. The van der Waals surface area contributed by atoms with Crippen LogP contribution >= 0.6 is 22.7 Å². The molecule has 0 aliphatic heterocycles. The molecule has 2 heterocycles. The molecule has 0 fully saturated rings. The summed E-state index contributed by atoms with van der Waals surface area (Å²) in [5.41, 5.74) is -1.08. The van der Waals surface area contributed by atoms with Crippen molar-refractivity contribution in [3.8, 4) is 0 Å². The Hall–Kier alpha value is -3.83. The lowest BCUT2D eigenvalue weighted by Gasteiger charge is -2.04. The van der Waals surface area contributed by atoms with E-state index in [0.717, 1.165) is 0 Å². The Morgan fingerprint density at radius 2 is 1.13 bits per heavy atom. The van der Waals surface area contributed by atoms with Crippen molar-refractivity contribution in [3.63, 3.8) is 0 Å². The second-order valence-electron chi connectivity index (χ2n) is 6.13. The number of nitrogens with zero attached hydrogens (tertiary/aromatic N) is 2. The Kier molecular flexibility index (Phi) is 4.68. The summed E-state index contributed by atoms with van der Waals surface area (Å²) in [6, 6.07) is 10.9. The van der Waals surface area contributed by atoms with Crippen molar-refractivity contribution < 1.29 is 14.6 Å². The van der Waals surface area contributed by atoms with E-state index in [9.17, 15) is 34.6 Å². The van der Waals surface area contributed by atoms with Gasteiger partial charge in [-0.05, 0) is 22.9 Å². The summed E-state index contributed by atoms with van der Waals surface area (Å²) in [7, 11) is 0. The predicted molar refractivity (Wildman–Crippen MR) is 113 cm³/mol. The number of carbonyl (C=O) groups excluding carboxylic acids is 1. The number of hydrogen-bond acceptors (Lipinski definition) is 9. The molecular formula is C19H8N2O7S2. The van der Waals surface area contributed by atoms with Gasteiger partial charge in [-0.1, -0.05) is 46.9 Å². The van der Waals surface area contributed by atoms with E-state index in [0.29, 0.717) is 33.4 Å². The lowest BCUT2D eigenvalue weighted by Crippen LogP contribution is -2.18. The molecule has 0 unspecified atom stereocenters. The van der Waals surface area contributed by atoms with Gasteiger partial charge in [-0.15, -0.1) is 0 Å². The van der Waals surface area contributed by atoms with Gasteiger partial charge in [0, 0.05) is 12.1 Å². The molecule has 2 aromatic carbocycles. The molecule has 9 nitrogen and oxygen atoms in total. The molecule has 0 aliphatic rings. The van der Waals surface area contributed by atoms with Crippen LogP contribution in [0, 0.1) is 20.2 Å². The Balaban J connectivity index is 1.91. The number of benzene rings is 2. The van der Waals surface area contributed by atoms with Gasteiger partial charge in [0.25, 0.3) is 11.4 Å². The summed E-state index contributed by atoms with van der Waals surface area (Å²) < 4.78 is -1.18. The third-order valence-electron chi connectivity index (χ3n) is 4.36. The van der Waals surface area contributed by atoms with Crippen LogP contribution in [-0.4, -0.2) is 15.6 Å². The number of fused-ring (bicyclic) bond motifs is 2. The number of rotatable bonds is 4. The summed E-state index contributed by atoms with van der Waals surface area (Å²) >= 11 is 1.11. The number of ketones is 1. The van der Waals surface area contributed by atoms with E-state index in [4.69, 9.17) is 0 Å². The van der Waals surface area contributed by atoms with Crippen LogP contribution < -0.4 is 9.48 Å². The topological polar surface area (TPSA) is 137 Å². The quantitative estimate of drug-likeness (QED) is 0.267. The second-order valence-corrected chi connectivity index (χ2v) is 8.10. The van der Waals surface area contributed by atoms with Gasteiger partial charge in [-0.2, -0.15) is 0 Å². The highest BCUT2D eigenvalue weighted by Crippen LogP contribution is 2.30. The fourth-order valence-corrected chi connectivity index (χ4v) is 4.89. The zero-order valence-corrected chi connectivity index (χ0v) is 16.3. The van der Waals surface area contributed by atoms with Gasteiger partial charge in [0.1, 0.15) is 9.40 Å². The van der Waals surface area contributed by atoms with Crippen LogP contribution in [-0.2, 0) is 0 Å². The molecule has 4 aromatic rings. The molecule has 0 saturated carbocycles. The van der Waals surface area contributed by atoms with Crippen LogP contribution in [0.3, 0.4) is 0 Å². The first kappa shape index (κ1) is 19.5. The van der Waals surface area contributed by atoms with Crippen molar-refractivity contribution in [2.75, 3.05) is 0 Å². The van der Waals surface area contributed by atoms with Gasteiger partial charge in [0.15, 0.2) is 0 Å². The van der Waals surface area contributed by atoms with Crippen molar-refractivity contribution in [2.45, 2.75) is 0 Å². The highest BCUT2D eigenvalue weighted by molar-refractivity contribution is 7.17. The smallest absolute Gasteiger partial charge is 0.287 e. The molecule has 0 N–H and O–H groups in total. The van der Waals surface area contributed by atoms with E-state index in [1.54, 1.807) is 0 Å². The van der Waals surface area contributed by atoms with Crippen molar-refractivity contribution in [3.05, 3.63) is 99.0 Å². The van der Waals surface area contributed by atoms with Crippen LogP contribution in [0.4, 0.5) is 11.4 Å². The summed E-state index contributed by atoms with van der Waals surface area (Å²) in [6.07, 6.45) is 0. The normalized spacial score (nSPS) is 10.9. The Bertz CT molecular complexity index is 1410. The summed E-state index contributed by atoms with van der Waals surface area (Å²) in [5, 5.41) is 23.0. The van der Waals surface area contributed by atoms with Crippen molar-refractivity contribution in [1.82, 2.24) is 0 Å². The van der Waals surface area contributed by atoms with Gasteiger partial charge < -0.3 is 0 Å². The van der Waals surface area contributed by atoms with Gasteiger partial charge in [-0.3, -0.25) is 34.6 Å². The number of nitro benzene ring substituents is 2. The standard InChI is InChI=1S/C19H8N2O7S2/c22-15(11-7-9-3-1-5-13(20(25)26)16(9)29-18(11)23)12-8-10-4-2-6-14(21(27)28)17(10)30-19(12)24/h1-8H. The zero-order valence-electron chi connectivity index (χ0n) is 14.7. The summed E-state index contributed by atoms with van der Waals surface area (Å²) in [5.74, 6) is -0.834. The molecule has 148 valence electrons. The Morgan fingerprint density at radius 3 is 1.50 bits per heavy atom. The first-order chi connectivity index (χ1) is 14.3. The van der Waals surface area contributed by atoms with Crippen molar-refractivity contribution in [2.24, 2.45) is 0 Å². The molecule has 0 amide bonds. The molecule has 2 aromatic heterocycles. The minimum Gasteiger partial charge on any atom is -0.288 e. The minimum atomic E-state index is -0.834. The lowest BCUT2D eigenvalue weighted by atomic mass is 10.1. The van der Waals surface area contributed by atoms with Gasteiger partial charge in [0.05, 0.1) is 21.0 Å². The van der Waals surface area contributed by atoms with E-state index in [2.05, 4.69) is 0 Å². The van der Waals surface area contributed by atoms with Gasteiger partial charge >= 0.3 is 0 Å². The van der Waals surface area contributed by atoms with Crippen LogP contribution in [0.25, 0.3) is 20.2 Å². The first-order valence-electron chi connectivity index (χ1n) is 8.25. The molecule has 11 heteroatoms. The van der Waals surface area contributed by atoms with Crippen LogP contribution in [0.2, 0.25) is 0 Å². The minimum absolute atomic E-state index is 0.128. The highest BCUT2D eigenvalue weighted by atomic mass is 32.1. The highest BCUT2D eigenvalue weighted by Gasteiger charge is 2.22. The number of nitro groups is 2. The number of carbonyl (C=O) groups is 1. The fourth-order valence-electron chi connectivity index (χ4n) is 3.01. The molecule has 30 heavy (non-hydrogen) atoms. The maximum atomic E-state index is 13.0. The number of non-ortho nitro benzene ring substituents is 2. The molecular weight excluding hydrogens is 432 g/mol. The van der Waals surface area contributed by atoms with E-state index < -0.39 is 25.1 Å². The van der Waals surface area contributed by atoms with E-state index >= 15 is 0 Å². The van der Waals surface area contributed by atoms with E-state index in [-0.39, 0.29) is 31.9 Å².